The minimum Gasteiger partial charge on any atom is -0.494 e. The molecule has 0 fully saturated rings. The van der Waals surface area contributed by atoms with E-state index in [2.05, 4.69) is 28.2 Å². The summed E-state index contributed by atoms with van der Waals surface area (Å²) in [6, 6.07) is 16.2. The molecule has 6 nitrogen and oxygen atoms in total. The predicted octanol–water partition coefficient (Wildman–Crippen LogP) is 4.03. The van der Waals surface area contributed by atoms with Gasteiger partial charge in [-0.2, -0.15) is 5.06 Å². The minimum absolute atomic E-state index is 0.348. The Morgan fingerprint density at radius 1 is 0.964 bits per heavy atom. The number of nitrogens with zero attached hydrogens (tertiary/aromatic N) is 3. The summed E-state index contributed by atoms with van der Waals surface area (Å²) >= 11 is 0. The predicted molar refractivity (Wildman–Crippen MR) is 105 cm³/mol. The van der Waals surface area contributed by atoms with Crippen LogP contribution in [-0.4, -0.2) is 33.4 Å². The largest absolute Gasteiger partial charge is 0.494 e. The second-order valence-electron chi connectivity index (χ2n) is 6.80. The standard InChI is InChI=1S/C22H23N3O3/c26-25-13-10-18-15-21(9-6-19(18)16-25)27-14-1-3-17-4-7-20(8-5-17)28-22-23-11-2-12-24-22/h2,4-9,11-12,15,26H,1,3,10,13-14,16H2. The van der Waals surface area contributed by atoms with Crippen molar-refractivity contribution in [1.29, 1.82) is 0 Å². The van der Waals surface area contributed by atoms with Gasteiger partial charge in [-0.3, -0.25) is 0 Å². The van der Waals surface area contributed by atoms with Crippen LogP contribution < -0.4 is 9.47 Å². The number of ether oxygens (including phenoxy) is 2. The molecule has 1 aliphatic heterocycles. The smallest absolute Gasteiger partial charge is 0.321 e. The van der Waals surface area contributed by atoms with Gasteiger partial charge in [-0.15, -0.1) is 0 Å². The molecule has 28 heavy (non-hydrogen) atoms. The van der Waals surface area contributed by atoms with Crippen LogP contribution in [0.4, 0.5) is 0 Å². The van der Waals surface area contributed by atoms with E-state index in [0.29, 0.717) is 25.7 Å². The molecule has 0 aliphatic carbocycles. The van der Waals surface area contributed by atoms with Crippen LogP contribution in [0.1, 0.15) is 23.1 Å². The lowest BCUT2D eigenvalue weighted by Gasteiger charge is -2.23. The van der Waals surface area contributed by atoms with Crippen LogP contribution in [0.5, 0.6) is 17.5 Å². The molecule has 144 valence electrons. The molecule has 1 aliphatic rings. The van der Waals surface area contributed by atoms with Crippen molar-refractivity contribution in [2.24, 2.45) is 0 Å². The molecule has 0 atom stereocenters. The Labute approximate surface area is 164 Å². The molecule has 3 aromatic rings. The first-order valence-electron chi connectivity index (χ1n) is 9.48. The van der Waals surface area contributed by atoms with Gasteiger partial charge in [0.25, 0.3) is 0 Å². The third-order valence-electron chi connectivity index (χ3n) is 4.72. The Balaban J connectivity index is 1.23. The van der Waals surface area contributed by atoms with Crippen LogP contribution in [0, 0.1) is 0 Å². The van der Waals surface area contributed by atoms with Crippen molar-refractivity contribution in [2.75, 3.05) is 13.2 Å². The Hall–Kier alpha value is -2.96. The van der Waals surface area contributed by atoms with Crippen molar-refractivity contribution in [2.45, 2.75) is 25.8 Å². The number of rotatable bonds is 7. The van der Waals surface area contributed by atoms with E-state index in [0.717, 1.165) is 30.8 Å². The third kappa shape index (κ3) is 4.85. The fourth-order valence-corrected chi connectivity index (χ4v) is 3.24. The molecule has 4 rings (SSSR count). The molecule has 1 aromatic heterocycles. The molecule has 2 aromatic carbocycles. The van der Waals surface area contributed by atoms with E-state index in [9.17, 15) is 5.21 Å². The van der Waals surface area contributed by atoms with Crippen LogP contribution in [0.3, 0.4) is 0 Å². The van der Waals surface area contributed by atoms with E-state index in [1.165, 1.54) is 21.8 Å². The Kier molecular flexibility index (Phi) is 5.80. The molecule has 0 spiro atoms. The van der Waals surface area contributed by atoms with Crippen molar-refractivity contribution in [3.63, 3.8) is 0 Å². The number of fused-ring (bicyclic) bond motifs is 1. The molecule has 0 radical (unpaired) electrons. The van der Waals surface area contributed by atoms with Crippen molar-refractivity contribution in [1.82, 2.24) is 15.0 Å². The fourth-order valence-electron chi connectivity index (χ4n) is 3.24. The second-order valence-corrected chi connectivity index (χ2v) is 6.80. The number of benzene rings is 2. The maximum Gasteiger partial charge on any atom is 0.321 e. The lowest BCUT2D eigenvalue weighted by molar-refractivity contribution is -0.103. The summed E-state index contributed by atoms with van der Waals surface area (Å²) in [6.07, 6.45) is 6.03. The van der Waals surface area contributed by atoms with Crippen molar-refractivity contribution < 1.29 is 14.7 Å². The number of hydrogen-bond donors (Lipinski definition) is 1. The Morgan fingerprint density at radius 2 is 1.75 bits per heavy atom. The molecular weight excluding hydrogens is 354 g/mol. The van der Waals surface area contributed by atoms with Crippen molar-refractivity contribution >= 4 is 0 Å². The van der Waals surface area contributed by atoms with Crippen LogP contribution in [0.25, 0.3) is 0 Å². The Bertz CT molecular complexity index is 901. The first-order chi connectivity index (χ1) is 13.8. The van der Waals surface area contributed by atoms with Gasteiger partial charge in [0.1, 0.15) is 11.5 Å². The summed E-state index contributed by atoms with van der Waals surface area (Å²) in [5, 5.41) is 10.9. The number of hydrogen-bond acceptors (Lipinski definition) is 6. The zero-order valence-corrected chi connectivity index (χ0v) is 15.6. The third-order valence-corrected chi connectivity index (χ3v) is 4.72. The second kappa shape index (κ2) is 8.82. The lowest BCUT2D eigenvalue weighted by Crippen LogP contribution is -2.27. The molecule has 0 saturated carbocycles. The first kappa shape index (κ1) is 18.4. The highest BCUT2D eigenvalue weighted by Gasteiger charge is 2.14. The fraction of sp³-hybridized carbons (Fsp3) is 0.273. The average molecular weight is 377 g/mol. The van der Waals surface area contributed by atoms with E-state index in [1.807, 2.05) is 24.3 Å². The van der Waals surface area contributed by atoms with Gasteiger partial charge in [0, 0.05) is 25.5 Å². The highest BCUT2D eigenvalue weighted by Crippen LogP contribution is 2.23. The molecule has 0 amide bonds. The molecule has 0 unspecified atom stereocenters. The maximum atomic E-state index is 9.59. The van der Waals surface area contributed by atoms with E-state index >= 15 is 0 Å². The molecule has 0 bridgehead atoms. The normalized spacial score (nSPS) is 13.8. The van der Waals surface area contributed by atoms with Gasteiger partial charge in [-0.05, 0) is 66.3 Å². The summed E-state index contributed by atoms with van der Waals surface area (Å²) < 4.78 is 11.5. The monoisotopic (exact) mass is 377 g/mol. The van der Waals surface area contributed by atoms with Gasteiger partial charge in [-0.25, -0.2) is 9.97 Å². The topological polar surface area (TPSA) is 67.7 Å². The van der Waals surface area contributed by atoms with Gasteiger partial charge in [0.15, 0.2) is 0 Å². The number of aryl methyl sites for hydroxylation is 1. The summed E-state index contributed by atoms with van der Waals surface area (Å²) in [5.41, 5.74) is 3.67. The lowest BCUT2D eigenvalue weighted by atomic mass is 10.0. The summed E-state index contributed by atoms with van der Waals surface area (Å²) in [7, 11) is 0. The SMILES string of the molecule is ON1CCc2cc(OCCCc3ccc(Oc4ncccn4)cc3)ccc2C1. The average Bonchev–Trinajstić information content (AvgIpc) is 2.73. The zero-order chi connectivity index (χ0) is 19.2. The molecule has 0 saturated heterocycles. The van der Waals surface area contributed by atoms with Crippen LogP contribution >= 0.6 is 0 Å². The highest BCUT2D eigenvalue weighted by molar-refractivity contribution is 5.37. The molecular formula is C22H23N3O3. The van der Waals surface area contributed by atoms with Gasteiger partial charge >= 0.3 is 6.01 Å². The molecule has 2 heterocycles. The van der Waals surface area contributed by atoms with Crippen LogP contribution in [0.2, 0.25) is 0 Å². The van der Waals surface area contributed by atoms with Crippen molar-refractivity contribution in [3.8, 4) is 17.5 Å². The quantitative estimate of drug-likeness (QED) is 0.627. The Morgan fingerprint density at radius 3 is 2.57 bits per heavy atom. The van der Waals surface area contributed by atoms with Crippen molar-refractivity contribution in [3.05, 3.63) is 77.6 Å². The summed E-state index contributed by atoms with van der Waals surface area (Å²) in [4.78, 5) is 8.10. The molecule has 1 N–H and O–H groups in total. The maximum absolute atomic E-state index is 9.59. The van der Waals surface area contributed by atoms with E-state index < -0.39 is 0 Å². The van der Waals surface area contributed by atoms with Gasteiger partial charge in [0.2, 0.25) is 0 Å². The first-order valence-corrected chi connectivity index (χ1v) is 9.48. The summed E-state index contributed by atoms with van der Waals surface area (Å²) in [6.45, 7) is 1.93. The van der Waals surface area contributed by atoms with Crippen LogP contribution in [-0.2, 0) is 19.4 Å². The molecule has 6 heteroatoms. The number of hydroxylamine groups is 2. The van der Waals surface area contributed by atoms with E-state index in [-0.39, 0.29) is 0 Å². The number of aromatic nitrogens is 2. The van der Waals surface area contributed by atoms with Gasteiger partial charge < -0.3 is 14.7 Å². The highest BCUT2D eigenvalue weighted by atomic mass is 16.5. The van der Waals surface area contributed by atoms with Gasteiger partial charge in [-0.1, -0.05) is 18.2 Å². The minimum atomic E-state index is 0.348. The summed E-state index contributed by atoms with van der Waals surface area (Å²) in [5.74, 6) is 1.62. The van der Waals surface area contributed by atoms with E-state index in [4.69, 9.17) is 9.47 Å². The van der Waals surface area contributed by atoms with E-state index in [1.54, 1.807) is 18.5 Å². The van der Waals surface area contributed by atoms with Gasteiger partial charge in [0.05, 0.1) is 6.61 Å². The van der Waals surface area contributed by atoms with Crippen LogP contribution in [0.15, 0.2) is 60.9 Å². The zero-order valence-electron chi connectivity index (χ0n) is 15.6.